The van der Waals surface area contributed by atoms with Gasteiger partial charge < -0.3 is 75.4 Å². The largest absolute Gasteiger partial charge is 0.396 e. The molecule has 0 unspecified atom stereocenters. The Morgan fingerprint density at radius 2 is 1.00 bits per heavy atom. The summed E-state index contributed by atoms with van der Waals surface area (Å²) in [6.45, 7) is 21.7. The summed E-state index contributed by atoms with van der Waals surface area (Å²) < 4.78 is 6.07. The first-order valence-corrected chi connectivity index (χ1v) is 37.1. The minimum Gasteiger partial charge on any atom is -0.396 e. The number of likely N-dealkylation sites (N-methyl/N-ethyl adjacent to an activating group) is 6. The van der Waals surface area contributed by atoms with E-state index in [0.717, 1.165) is 11.3 Å². The summed E-state index contributed by atoms with van der Waals surface area (Å²) in [4.78, 5) is 191. The molecule has 2 aliphatic heterocycles. The van der Waals surface area contributed by atoms with Gasteiger partial charge >= 0.3 is 0 Å². The molecule has 2 fully saturated rings. The summed E-state index contributed by atoms with van der Waals surface area (Å²) in [6.07, 6.45) is 0.911. The Morgan fingerprint density at radius 1 is 0.538 bits per heavy atom. The Labute approximate surface area is 617 Å². The molecule has 4 rings (SSSR count). The lowest BCUT2D eigenvalue weighted by atomic mass is 9.96. The molecule has 2 aromatic rings. The number of unbranched alkanes of at least 4 members (excludes halogenated alkanes) is 1. The third-order valence-electron chi connectivity index (χ3n) is 19.8. The average Bonchev–Trinajstić information content (AvgIpc) is 0.790. The Morgan fingerprint density at radius 3 is 1.51 bits per heavy atom. The maximum Gasteiger partial charge on any atom is 0.248 e. The van der Waals surface area contributed by atoms with Gasteiger partial charge in [0.1, 0.15) is 60.4 Å². The van der Waals surface area contributed by atoms with E-state index in [1.165, 1.54) is 85.5 Å². The molecule has 12 amide bonds. The van der Waals surface area contributed by atoms with Gasteiger partial charge in [-0.2, -0.15) is 0 Å². The van der Waals surface area contributed by atoms with Crippen molar-refractivity contribution in [2.75, 3.05) is 88.3 Å². The van der Waals surface area contributed by atoms with Crippen LogP contribution in [0.25, 0.3) is 0 Å². The highest BCUT2D eigenvalue weighted by atomic mass is 16.5. The molecule has 0 spiro atoms. The Balaban J connectivity index is 2.02. The zero-order valence-electron chi connectivity index (χ0n) is 65.4. The van der Waals surface area contributed by atoms with E-state index in [1.807, 2.05) is 48.5 Å². The van der Waals surface area contributed by atoms with Crippen molar-refractivity contribution >= 4 is 70.9 Å². The van der Waals surface area contributed by atoms with Crippen molar-refractivity contribution in [1.82, 2.24) is 60.5 Å². The molecule has 27 heteroatoms. The Kier molecular flexibility index (Phi) is 35.3. The van der Waals surface area contributed by atoms with E-state index in [9.17, 15) is 34.2 Å². The second-order valence-electron chi connectivity index (χ2n) is 30.9. The topological polar surface area (TPSA) is 329 Å². The molecular weight excluding hydrogens is 1330 g/mol. The minimum absolute atomic E-state index is 0.0211. The number of aliphatic hydroxyl groups excluding tert-OH is 2. The predicted molar refractivity (Wildman–Crippen MR) is 396 cm³/mol. The Bertz CT molecular complexity index is 3180. The highest BCUT2D eigenvalue weighted by Gasteiger charge is 2.45. The van der Waals surface area contributed by atoms with Gasteiger partial charge in [0.05, 0.1) is 38.9 Å². The Hall–Kier alpha value is -8.04. The highest BCUT2D eigenvalue weighted by molar-refractivity contribution is 6.00. The molecule has 2 aliphatic rings. The van der Waals surface area contributed by atoms with E-state index in [0.29, 0.717) is 49.9 Å². The van der Waals surface area contributed by atoms with Gasteiger partial charge in [-0.25, -0.2) is 0 Å². The fourth-order valence-electron chi connectivity index (χ4n) is 12.8. The van der Waals surface area contributed by atoms with Gasteiger partial charge in [-0.3, -0.25) is 57.5 Å². The summed E-state index contributed by atoms with van der Waals surface area (Å²) in [7, 11) is 8.39. The molecule has 0 aromatic heterocycles. The fourth-order valence-corrected chi connectivity index (χ4v) is 12.8. The number of likely N-dealkylation sites (tertiary alicyclic amines) is 1. The molecule has 0 saturated carbocycles. The molecule has 2 heterocycles. The smallest absolute Gasteiger partial charge is 0.248 e. The SMILES string of the molecule is CCCCN1CC(=O)N(C)[C@@H](CC(C)C)C(=O)N[C@H](C(=O)N2CCCCC2)CC(=O)N(C)[C@@H](C)C(=O)N[C@@H](COCC(C)(C)CO)C(=O)N(C)[C@@H](CC(C)C)C(=O)N(C)[C@@H](Cc2ccccc2)C(=O)N[C@@H](C(C)C)C(=O)N(C)[C@@H](Cc2ccccc2)C(=O)N(C)[C@@H](CC(C)C)C(=O)N[C@@H]([C@@H](C)O)C1=O. The van der Waals surface area contributed by atoms with E-state index >= 15 is 33.6 Å². The number of rotatable bonds is 21. The van der Waals surface area contributed by atoms with Crippen molar-refractivity contribution in [3.05, 3.63) is 71.8 Å². The van der Waals surface area contributed by atoms with E-state index in [-0.39, 0.29) is 69.6 Å². The first-order valence-electron chi connectivity index (χ1n) is 37.1. The van der Waals surface area contributed by atoms with Crippen molar-refractivity contribution in [2.45, 2.75) is 227 Å². The van der Waals surface area contributed by atoms with Crippen LogP contribution in [0.4, 0.5) is 0 Å². The van der Waals surface area contributed by atoms with Crippen molar-refractivity contribution in [2.24, 2.45) is 29.1 Å². The maximum atomic E-state index is 15.6. The molecule has 2 saturated heterocycles. The third-order valence-corrected chi connectivity index (χ3v) is 19.8. The molecule has 0 radical (unpaired) electrons. The quantitative estimate of drug-likeness (QED) is 0.104. The first-order chi connectivity index (χ1) is 48.8. The molecule has 6 N–H and O–H groups in total. The fraction of sp³-hybridized carbons (Fsp3) is 0.688. The molecule has 104 heavy (non-hydrogen) atoms. The number of piperidine rings is 1. The molecule has 27 nitrogen and oxygen atoms in total. The molecule has 0 bridgehead atoms. The van der Waals surface area contributed by atoms with Gasteiger partial charge in [-0.1, -0.05) is 143 Å². The van der Waals surface area contributed by atoms with Crippen LogP contribution in [0, 0.1) is 29.1 Å². The maximum absolute atomic E-state index is 15.6. The van der Waals surface area contributed by atoms with Crippen LogP contribution in [0.2, 0.25) is 0 Å². The van der Waals surface area contributed by atoms with Gasteiger partial charge in [0.2, 0.25) is 70.9 Å². The van der Waals surface area contributed by atoms with Crippen LogP contribution in [-0.2, 0) is 75.1 Å². The molecule has 0 aliphatic carbocycles. The van der Waals surface area contributed by atoms with Gasteiger partial charge in [-0.15, -0.1) is 0 Å². The highest BCUT2D eigenvalue weighted by Crippen LogP contribution is 2.24. The molecule has 2 aromatic carbocycles. The van der Waals surface area contributed by atoms with Crippen LogP contribution in [0.15, 0.2) is 60.7 Å². The number of aliphatic hydroxyl groups is 2. The summed E-state index contributed by atoms with van der Waals surface area (Å²) in [5.74, 6) is -10.3. The number of hydrogen-bond acceptors (Lipinski definition) is 15. The molecule has 582 valence electrons. The number of hydrogen-bond donors (Lipinski definition) is 6. The van der Waals surface area contributed by atoms with E-state index in [1.54, 1.807) is 93.3 Å². The summed E-state index contributed by atoms with van der Waals surface area (Å²) in [5.41, 5.74) is 0.481. The van der Waals surface area contributed by atoms with Gasteiger partial charge in [0, 0.05) is 80.2 Å². The number of nitrogens with zero attached hydrogens (tertiary/aromatic N) is 8. The zero-order chi connectivity index (χ0) is 78.2. The lowest BCUT2D eigenvalue weighted by Gasteiger charge is -2.39. The van der Waals surface area contributed by atoms with Gasteiger partial charge in [0.15, 0.2) is 0 Å². The number of benzene rings is 2. The van der Waals surface area contributed by atoms with Crippen LogP contribution < -0.4 is 21.3 Å². The zero-order valence-corrected chi connectivity index (χ0v) is 65.4. The van der Waals surface area contributed by atoms with E-state index in [4.69, 9.17) is 4.74 Å². The lowest BCUT2D eigenvalue weighted by Crippen LogP contribution is -2.63. The van der Waals surface area contributed by atoms with E-state index < -0.39 is 168 Å². The van der Waals surface area contributed by atoms with Gasteiger partial charge in [-0.05, 0) is 93.6 Å². The predicted octanol–water partition coefficient (Wildman–Crippen LogP) is 3.65. The van der Waals surface area contributed by atoms with E-state index in [2.05, 4.69) is 21.3 Å². The summed E-state index contributed by atoms with van der Waals surface area (Å²) in [5, 5.41) is 32.9. The normalized spacial score (nSPS) is 24.7. The van der Waals surface area contributed by atoms with Crippen LogP contribution in [0.1, 0.15) is 159 Å². The number of amides is 12. The summed E-state index contributed by atoms with van der Waals surface area (Å²) >= 11 is 0. The van der Waals surface area contributed by atoms with Crippen molar-refractivity contribution in [3.63, 3.8) is 0 Å². The minimum atomic E-state index is -1.67. The molecule has 11 atom stereocenters. The van der Waals surface area contributed by atoms with Crippen LogP contribution in [-0.4, -0.2) is 275 Å². The third kappa shape index (κ3) is 25.6. The van der Waals surface area contributed by atoms with Crippen molar-refractivity contribution < 1.29 is 72.5 Å². The van der Waals surface area contributed by atoms with Crippen LogP contribution in [0.5, 0.6) is 0 Å². The number of nitrogens with one attached hydrogen (secondary N) is 4. The molecular formula is C77H124N12O15. The van der Waals surface area contributed by atoms with Gasteiger partial charge in [0.25, 0.3) is 0 Å². The van der Waals surface area contributed by atoms with Crippen molar-refractivity contribution in [3.8, 4) is 0 Å². The van der Waals surface area contributed by atoms with Crippen LogP contribution in [0.3, 0.4) is 0 Å². The average molecular weight is 1460 g/mol. The standard InChI is InChI=1S/C77H124N12O15/c1-20-21-35-89-44-64(93)83(15)58(38-48(2)3)68(95)78-56(72(99)88-36-29-24-30-37-88)43-63(92)82(14)52(10)67(94)79-57(45-104-47-77(12,13)46-90)71(98)86(18)61(40-50(6)7)73(100)85(17)60(41-54-31-25-22-26-32-54)70(97)80-65(51(8)9)75(102)87(19)62(42-55-33-27-23-28-34-55)74(101)84(16)59(39-49(4)5)69(96)81-66(53(11)91)76(89)103/h22-23,25-28,31-34,48-53,56-62,65-66,90-91H,20-21,24,29-30,35-47H2,1-19H3,(H,78,95)(H,79,94)(H,80,97)(H,81,96)/t52-,53+,56-,57-,58-,59-,60-,61-,62-,65-,66-/m0/s1. The van der Waals surface area contributed by atoms with Crippen LogP contribution >= 0.6 is 0 Å². The first kappa shape index (κ1) is 88.4. The number of ether oxygens (including phenoxy) is 1. The second-order valence-corrected chi connectivity index (χ2v) is 30.9. The summed E-state index contributed by atoms with van der Waals surface area (Å²) in [6, 6.07) is 3.82. The van der Waals surface area contributed by atoms with Crippen molar-refractivity contribution in [1.29, 1.82) is 0 Å². The second kappa shape index (κ2) is 41.6. The monoisotopic (exact) mass is 1460 g/mol. The number of carbonyl (C=O) groups excluding carboxylic acids is 12. The lowest BCUT2D eigenvalue weighted by molar-refractivity contribution is -0.152. The number of carbonyl (C=O) groups is 12.